The third-order valence-corrected chi connectivity index (χ3v) is 4.79. The van der Waals surface area contributed by atoms with Crippen molar-refractivity contribution in [3.8, 4) is 5.69 Å². The van der Waals surface area contributed by atoms with Crippen LogP contribution < -0.4 is 5.32 Å². The predicted molar refractivity (Wildman–Crippen MR) is 94.8 cm³/mol. The van der Waals surface area contributed by atoms with Gasteiger partial charge in [-0.1, -0.05) is 6.92 Å². The molecule has 0 unspecified atom stereocenters. The summed E-state index contributed by atoms with van der Waals surface area (Å²) in [7, 11) is 0. The van der Waals surface area contributed by atoms with Crippen LogP contribution in [-0.2, 0) is 0 Å². The molecule has 0 aromatic carbocycles. The molecule has 1 aliphatic rings. The fraction of sp³-hybridized carbons (Fsp3) is 0.471. The fourth-order valence-corrected chi connectivity index (χ4v) is 3.50. The van der Waals surface area contributed by atoms with E-state index in [-0.39, 0.29) is 11.8 Å². The van der Waals surface area contributed by atoms with Crippen molar-refractivity contribution in [3.63, 3.8) is 0 Å². The van der Waals surface area contributed by atoms with Gasteiger partial charge in [0.2, 0.25) is 0 Å². The molecule has 2 atom stereocenters. The van der Waals surface area contributed by atoms with Gasteiger partial charge >= 0.3 is 12.2 Å². The molecule has 3 heterocycles. The molecule has 0 saturated carbocycles. The number of halogens is 3. The van der Waals surface area contributed by atoms with Crippen molar-refractivity contribution in [2.45, 2.75) is 25.9 Å². The number of hydrogen-bond acceptors (Lipinski definition) is 3. The van der Waals surface area contributed by atoms with Gasteiger partial charge in [-0.15, -0.1) is 0 Å². The molecular weight excluding hydrogens is 361 g/mol. The lowest BCUT2D eigenvalue weighted by atomic mass is 9.95. The molecule has 1 fully saturated rings. The highest BCUT2D eigenvalue weighted by Crippen LogP contribution is 2.35. The van der Waals surface area contributed by atoms with E-state index >= 15 is 0 Å². The van der Waals surface area contributed by atoms with Gasteiger partial charge in [0.25, 0.3) is 0 Å². The number of amides is 2. The van der Waals surface area contributed by atoms with Crippen LogP contribution in [0.1, 0.15) is 24.4 Å². The molecule has 0 aliphatic carbocycles. The Morgan fingerprint density at radius 1 is 1.48 bits per heavy atom. The topological polar surface area (TPSA) is 78.3 Å². The Balaban J connectivity index is 1.82. The maximum absolute atomic E-state index is 12.3. The van der Waals surface area contributed by atoms with Crippen LogP contribution in [0, 0.1) is 12.8 Å². The van der Waals surface area contributed by atoms with Crippen molar-refractivity contribution in [2.24, 2.45) is 10.9 Å². The number of alkyl halides is 3. The standard InChI is InChI=1S/C17H21F3N6O/c1-10-7-25(16(27)24-9-17(18,19)20)8-12(10)14-6-23-11(2)26(14)13-4-5-22-15(13)21-3/h4-6,10,12,22H,3,7-9H2,1-2H3,(H,24,27)/t10-,12+/m1/s1. The van der Waals surface area contributed by atoms with Crippen LogP contribution >= 0.6 is 0 Å². The smallest absolute Gasteiger partial charge is 0.345 e. The molecule has 0 radical (unpaired) electrons. The maximum atomic E-state index is 12.3. The first-order valence-corrected chi connectivity index (χ1v) is 8.49. The molecule has 1 saturated heterocycles. The summed E-state index contributed by atoms with van der Waals surface area (Å²) in [4.78, 5) is 24.9. The molecule has 1 aliphatic heterocycles. The molecule has 7 nitrogen and oxygen atoms in total. The van der Waals surface area contributed by atoms with E-state index in [9.17, 15) is 18.0 Å². The number of carbonyl (C=O) groups excluding carboxylic acids is 1. The molecule has 2 aromatic heterocycles. The van der Waals surface area contributed by atoms with E-state index in [2.05, 4.69) is 21.7 Å². The SMILES string of the molecule is C=Nc1[nH]ccc1-n1c([C@H]2CN(C(=O)NCC(F)(F)F)C[C@H]2C)cnc1C. The Hall–Kier alpha value is -2.78. The number of nitrogens with zero attached hydrogens (tertiary/aromatic N) is 4. The molecule has 0 bridgehead atoms. The van der Waals surface area contributed by atoms with Crippen molar-refractivity contribution in [1.29, 1.82) is 0 Å². The fourth-order valence-electron chi connectivity index (χ4n) is 3.50. The molecule has 2 N–H and O–H groups in total. The monoisotopic (exact) mass is 382 g/mol. The number of nitrogens with one attached hydrogen (secondary N) is 2. The first-order valence-electron chi connectivity index (χ1n) is 8.49. The number of aromatic nitrogens is 3. The lowest BCUT2D eigenvalue weighted by molar-refractivity contribution is -0.123. The minimum atomic E-state index is -4.43. The van der Waals surface area contributed by atoms with Crippen LogP contribution in [0.5, 0.6) is 0 Å². The largest absolute Gasteiger partial charge is 0.405 e. The lowest BCUT2D eigenvalue weighted by Crippen LogP contribution is -2.42. The highest BCUT2D eigenvalue weighted by Gasteiger charge is 2.37. The first-order chi connectivity index (χ1) is 12.7. The number of rotatable bonds is 4. The molecule has 2 aromatic rings. The second kappa shape index (κ2) is 7.09. The van der Waals surface area contributed by atoms with Gasteiger partial charge in [0.15, 0.2) is 5.82 Å². The van der Waals surface area contributed by atoms with Gasteiger partial charge in [-0.2, -0.15) is 13.2 Å². The summed E-state index contributed by atoms with van der Waals surface area (Å²) >= 11 is 0. The number of imidazole rings is 1. The van der Waals surface area contributed by atoms with Crippen molar-refractivity contribution < 1.29 is 18.0 Å². The van der Waals surface area contributed by atoms with Crippen molar-refractivity contribution in [1.82, 2.24) is 24.8 Å². The molecule has 2 amide bonds. The molecular formula is C17H21F3N6O. The Kier molecular flexibility index (Phi) is 4.99. The van der Waals surface area contributed by atoms with Crippen LogP contribution in [-0.4, -0.2) is 58.0 Å². The normalized spacial score (nSPS) is 20.1. The zero-order chi connectivity index (χ0) is 19.8. The van der Waals surface area contributed by atoms with Gasteiger partial charge in [-0.25, -0.2) is 14.8 Å². The van der Waals surface area contributed by atoms with Crippen LogP contribution in [0.3, 0.4) is 0 Å². The average molecular weight is 382 g/mol. The van der Waals surface area contributed by atoms with Crippen LogP contribution in [0.25, 0.3) is 5.69 Å². The summed E-state index contributed by atoms with van der Waals surface area (Å²) in [6.07, 6.45) is -0.941. The summed E-state index contributed by atoms with van der Waals surface area (Å²) < 4.78 is 39.0. The number of aromatic amines is 1. The number of likely N-dealkylation sites (tertiary alicyclic amines) is 1. The van der Waals surface area contributed by atoms with Crippen LogP contribution in [0.15, 0.2) is 23.5 Å². The average Bonchev–Trinajstić information content (AvgIpc) is 3.29. The third kappa shape index (κ3) is 3.83. The van der Waals surface area contributed by atoms with E-state index in [1.165, 1.54) is 4.90 Å². The zero-order valence-corrected chi connectivity index (χ0v) is 15.0. The predicted octanol–water partition coefficient (Wildman–Crippen LogP) is 3.15. The Morgan fingerprint density at radius 3 is 2.89 bits per heavy atom. The Morgan fingerprint density at radius 2 is 2.22 bits per heavy atom. The first kappa shape index (κ1) is 19.0. The summed E-state index contributed by atoms with van der Waals surface area (Å²) in [5.41, 5.74) is 1.68. The third-order valence-electron chi connectivity index (χ3n) is 4.79. The van der Waals surface area contributed by atoms with E-state index in [0.29, 0.717) is 18.9 Å². The quantitative estimate of drug-likeness (QED) is 0.797. The number of H-pyrrole nitrogens is 1. The molecule has 10 heteroatoms. The van der Waals surface area contributed by atoms with Crippen molar-refractivity contribution >= 4 is 18.6 Å². The van der Waals surface area contributed by atoms with Crippen molar-refractivity contribution in [2.75, 3.05) is 19.6 Å². The van der Waals surface area contributed by atoms with Gasteiger partial charge in [-0.3, -0.25) is 4.57 Å². The van der Waals surface area contributed by atoms with E-state index in [4.69, 9.17) is 0 Å². The van der Waals surface area contributed by atoms with Gasteiger partial charge < -0.3 is 15.2 Å². The highest BCUT2D eigenvalue weighted by atomic mass is 19.4. The Labute approximate surface area is 154 Å². The second-order valence-electron chi connectivity index (χ2n) is 6.70. The number of aryl methyl sites for hydroxylation is 1. The maximum Gasteiger partial charge on any atom is 0.405 e. The molecule has 146 valence electrons. The second-order valence-corrected chi connectivity index (χ2v) is 6.70. The number of aliphatic imine (C=N–C) groups is 1. The highest BCUT2D eigenvalue weighted by molar-refractivity contribution is 5.74. The minimum absolute atomic E-state index is 0.0598. The summed E-state index contributed by atoms with van der Waals surface area (Å²) in [6.45, 7) is 6.73. The van der Waals surface area contributed by atoms with Crippen LogP contribution in [0.2, 0.25) is 0 Å². The Bertz CT molecular complexity index is 840. The van der Waals surface area contributed by atoms with Gasteiger partial charge in [0, 0.05) is 37.1 Å². The zero-order valence-electron chi connectivity index (χ0n) is 15.0. The van der Waals surface area contributed by atoms with Gasteiger partial charge in [0.05, 0.1) is 5.69 Å². The number of carbonyl (C=O) groups is 1. The van der Waals surface area contributed by atoms with E-state index in [1.807, 2.05) is 29.8 Å². The van der Waals surface area contributed by atoms with E-state index in [0.717, 1.165) is 17.2 Å². The van der Waals surface area contributed by atoms with Crippen molar-refractivity contribution in [3.05, 3.63) is 30.0 Å². The van der Waals surface area contributed by atoms with Gasteiger partial charge in [0.1, 0.15) is 12.4 Å². The van der Waals surface area contributed by atoms with Crippen LogP contribution in [0.4, 0.5) is 23.8 Å². The molecule has 0 spiro atoms. The summed E-state index contributed by atoms with van der Waals surface area (Å²) in [5, 5.41) is 1.93. The molecule has 3 rings (SSSR count). The van der Waals surface area contributed by atoms with E-state index in [1.54, 1.807) is 12.4 Å². The van der Waals surface area contributed by atoms with E-state index < -0.39 is 18.8 Å². The van der Waals surface area contributed by atoms with Gasteiger partial charge in [-0.05, 0) is 25.6 Å². The number of hydrogen-bond donors (Lipinski definition) is 2. The lowest BCUT2D eigenvalue weighted by Gasteiger charge is -2.19. The summed E-state index contributed by atoms with van der Waals surface area (Å²) in [6, 6.07) is 1.15. The number of urea groups is 1. The molecule has 27 heavy (non-hydrogen) atoms. The minimum Gasteiger partial charge on any atom is -0.345 e. The summed E-state index contributed by atoms with van der Waals surface area (Å²) in [5.74, 6) is 1.36.